The Morgan fingerprint density at radius 2 is 1.70 bits per heavy atom. The van der Waals surface area contributed by atoms with Crippen LogP contribution in [0.4, 0.5) is 5.69 Å². The second-order valence-corrected chi connectivity index (χ2v) is 5.80. The molecule has 0 atom stereocenters. The summed E-state index contributed by atoms with van der Waals surface area (Å²) in [6, 6.07) is 6.34. The van der Waals surface area contributed by atoms with E-state index in [1.165, 1.54) is 13.1 Å². The maximum absolute atomic E-state index is 12.3. The number of nitrogens with one attached hydrogen (secondary N) is 2. The second kappa shape index (κ2) is 7.36. The first kappa shape index (κ1) is 17.8. The lowest BCUT2D eigenvalue weighted by molar-refractivity contribution is 0.0961. The summed E-state index contributed by atoms with van der Waals surface area (Å²) in [6.07, 6.45) is 0. The first-order valence-electron chi connectivity index (χ1n) is 6.18. The minimum atomic E-state index is -0.635. The Morgan fingerprint density at radius 3 is 2.35 bits per heavy atom. The molecule has 2 N–H and O–H groups in total. The van der Waals surface area contributed by atoms with Crippen molar-refractivity contribution in [1.29, 1.82) is 0 Å². The molecule has 0 fully saturated rings. The number of nitrogens with zero attached hydrogens (tertiary/aromatic N) is 1. The molecular weight excluding hydrogens is 384 g/mol. The normalized spacial score (nSPS) is 10.3. The van der Waals surface area contributed by atoms with Gasteiger partial charge in [-0.25, -0.2) is 4.98 Å². The standard InChI is InChI=1S/C14H9Cl4N3O2/c1-19-13(22)6-3-2-4-7(5-6)20-14(23)11-9(16)8(15)10(17)12(18)21-11/h2-5H,1H3,(H,19,22)(H,20,23). The molecule has 1 heterocycles. The van der Waals surface area contributed by atoms with Gasteiger partial charge in [0, 0.05) is 18.3 Å². The van der Waals surface area contributed by atoms with Crippen LogP contribution >= 0.6 is 46.4 Å². The number of pyridine rings is 1. The fraction of sp³-hybridized carbons (Fsp3) is 0.0714. The van der Waals surface area contributed by atoms with Crippen molar-refractivity contribution in [2.45, 2.75) is 0 Å². The van der Waals surface area contributed by atoms with Gasteiger partial charge in [0.25, 0.3) is 11.8 Å². The van der Waals surface area contributed by atoms with E-state index in [0.717, 1.165) is 0 Å². The Balaban J connectivity index is 2.32. The average molecular weight is 393 g/mol. The van der Waals surface area contributed by atoms with Gasteiger partial charge in [0.15, 0.2) is 0 Å². The number of halogens is 4. The van der Waals surface area contributed by atoms with Gasteiger partial charge in [-0.3, -0.25) is 9.59 Å². The highest BCUT2D eigenvalue weighted by atomic mass is 35.5. The van der Waals surface area contributed by atoms with Crippen LogP contribution in [0.3, 0.4) is 0 Å². The zero-order valence-corrected chi connectivity index (χ0v) is 14.6. The molecule has 1 aromatic heterocycles. The van der Waals surface area contributed by atoms with Crippen LogP contribution in [0.25, 0.3) is 0 Å². The molecule has 0 aliphatic carbocycles. The SMILES string of the molecule is CNC(=O)c1cccc(NC(=O)c2nc(Cl)c(Cl)c(Cl)c2Cl)c1. The predicted octanol–water partition coefficient (Wildman–Crippen LogP) is 4.31. The van der Waals surface area contributed by atoms with E-state index >= 15 is 0 Å². The lowest BCUT2D eigenvalue weighted by atomic mass is 10.2. The zero-order valence-electron chi connectivity index (χ0n) is 11.6. The third-order valence-corrected chi connectivity index (χ3v) is 4.49. The number of hydrogen-bond acceptors (Lipinski definition) is 3. The molecule has 0 bridgehead atoms. The molecule has 0 unspecified atom stereocenters. The fourth-order valence-electron chi connectivity index (χ4n) is 1.71. The molecule has 0 aliphatic heterocycles. The minimum absolute atomic E-state index is 0.0310. The summed E-state index contributed by atoms with van der Waals surface area (Å²) in [6.45, 7) is 0. The number of carbonyl (C=O) groups is 2. The van der Waals surface area contributed by atoms with Crippen LogP contribution in [-0.2, 0) is 0 Å². The van der Waals surface area contributed by atoms with Gasteiger partial charge in [-0.05, 0) is 18.2 Å². The monoisotopic (exact) mass is 391 g/mol. The highest BCUT2D eigenvalue weighted by Gasteiger charge is 2.20. The van der Waals surface area contributed by atoms with Gasteiger partial charge in [-0.2, -0.15) is 0 Å². The molecule has 0 spiro atoms. The lowest BCUT2D eigenvalue weighted by Crippen LogP contribution is -2.19. The highest BCUT2D eigenvalue weighted by molar-refractivity contribution is 6.52. The number of carbonyl (C=O) groups excluding carboxylic acids is 2. The van der Waals surface area contributed by atoms with Crippen LogP contribution in [0.5, 0.6) is 0 Å². The van der Waals surface area contributed by atoms with Gasteiger partial charge in [-0.1, -0.05) is 52.5 Å². The van der Waals surface area contributed by atoms with Gasteiger partial charge in [0.2, 0.25) is 0 Å². The van der Waals surface area contributed by atoms with E-state index in [-0.39, 0.29) is 31.8 Å². The van der Waals surface area contributed by atoms with E-state index in [1.54, 1.807) is 18.2 Å². The molecule has 2 aromatic rings. The van der Waals surface area contributed by atoms with Crippen molar-refractivity contribution in [3.8, 4) is 0 Å². The molecule has 0 aliphatic rings. The third kappa shape index (κ3) is 3.87. The van der Waals surface area contributed by atoms with Gasteiger partial charge in [-0.15, -0.1) is 0 Å². The first-order valence-corrected chi connectivity index (χ1v) is 7.69. The maximum Gasteiger partial charge on any atom is 0.275 e. The van der Waals surface area contributed by atoms with Crippen LogP contribution in [0.2, 0.25) is 20.2 Å². The molecule has 0 radical (unpaired) electrons. The van der Waals surface area contributed by atoms with Crippen molar-refractivity contribution in [3.05, 3.63) is 55.7 Å². The topological polar surface area (TPSA) is 71.1 Å². The van der Waals surface area contributed by atoms with E-state index in [1.807, 2.05) is 0 Å². The number of anilines is 1. The number of hydrogen-bond donors (Lipinski definition) is 2. The Hall–Kier alpha value is -1.53. The number of amides is 2. The average Bonchev–Trinajstić information content (AvgIpc) is 2.55. The van der Waals surface area contributed by atoms with Gasteiger partial charge in [0.1, 0.15) is 10.8 Å². The summed E-state index contributed by atoms with van der Waals surface area (Å²) < 4.78 is 0. The molecule has 1 aromatic carbocycles. The number of rotatable bonds is 3. The molecule has 0 saturated heterocycles. The zero-order chi connectivity index (χ0) is 17.1. The molecular formula is C14H9Cl4N3O2. The largest absolute Gasteiger partial charge is 0.355 e. The summed E-state index contributed by atoms with van der Waals surface area (Å²) in [7, 11) is 1.51. The summed E-state index contributed by atoms with van der Waals surface area (Å²) in [4.78, 5) is 27.7. The maximum atomic E-state index is 12.3. The van der Waals surface area contributed by atoms with E-state index in [0.29, 0.717) is 11.3 Å². The smallest absolute Gasteiger partial charge is 0.275 e. The van der Waals surface area contributed by atoms with Gasteiger partial charge in [0.05, 0.1) is 15.1 Å². The fourth-order valence-corrected chi connectivity index (χ4v) is 2.52. The van der Waals surface area contributed by atoms with Crippen LogP contribution in [0.15, 0.2) is 24.3 Å². The first-order chi connectivity index (χ1) is 10.8. The molecule has 23 heavy (non-hydrogen) atoms. The summed E-state index contributed by atoms with van der Waals surface area (Å²) >= 11 is 23.5. The third-order valence-electron chi connectivity index (χ3n) is 2.81. The van der Waals surface area contributed by atoms with E-state index in [2.05, 4.69) is 15.6 Å². The summed E-state index contributed by atoms with van der Waals surface area (Å²) in [5.74, 6) is -0.917. The van der Waals surface area contributed by atoms with Crippen molar-refractivity contribution in [1.82, 2.24) is 10.3 Å². The predicted molar refractivity (Wildman–Crippen MR) is 92.1 cm³/mol. The van der Waals surface area contributed by atoms with E-state index in [4.69, 9.17) is 46.4 Å². The van der Waals surface area contributed by atoms with Crippen molar-refractivity contribution >= 4 is 63.9 Å². The minimum Gasteiger partial charge on any atom is -0.355 e. The highest BCUT2D eigenvalue weighted by Crippen LogP contribution is 2.36. The molecule has 2 rings (SSSR count). The van der Waals surface area contributed by atoms with Crippen molar-refractivity contribution in [2.75, 3.05) is 12.4 Å². The molecule has 120 valence electrons. The Labute approximate surface area is 151 Å². The Morgan fingerprint density at radius 1 is 1.00 bits per heavy atom. The van der Waals surface area contributed by atoms with Gasteiger partial charge < -0.3 is 10.6 Å². The Kier molecular flexibility index (Phi) is 5.70. The van der Waals surface area contributed by atoms with Crippen LogP contribution in [0.1, 0.15) is 20.8 Å². The molecule has 5 nitrogen and oxygen atoms in total. The number of aromatic nitrogens is 1. The quantitative estimate of drug-likeness (QED) is 0.764. The van der Waals surface area contributed by atoms with Crippen LogP contribution in [0, 0.1) is 0 Å². The lowest BCUT2D eigenvalue weighted by Gasteiger charge is -2.10. The van der Waals surface area contributed by atoms with E-state index in [9.17, 15) is 9.59 Å². The summed E-state index contributed by atoms with van der Waals surface area (Å²) in [5.41, 5.74) is 0.601. The second-order valence-electron chi connectivity index (χ2n) is 4.31. The van der Waals surface area contributed by atoms with Gasteiger partial charge >= 0.3 is 0 Å². The Bertz CT molecular complexity index is 796. The molecule has 0 saturated carbocycles. The summed E-state index contributed by atoms with van der Waals surface area (Å²) in [5, 5.41) is 4.72. The van der Waals surface area contributed by atoms with Crippen molar-refractivity contribution < 1.29 is 9.59 Å². The van der Waals surface area contributed by atoms with Crippen LogP contribution < -0.4 is 10.6 Å². The molecule has 9 heteroatoms. The van der Waals surface area contributed by atoms with Crippen molar-refractivity contribution in [3.63, 3.8) is 0 Å². The number of benzene rings is 1. The van der Waals surface area contributed by atoms with Crippen molar-refractivity contribution in [2.24, 2.45) is 0 Å². The van der Waals surface area contributed by atoms with Crippen LogP contribution in [-0.4, -0.2) is 23.8 Å². The molecule has 2 amide bonds. The van der Waals surface area contributed by atoms with E-state index < -0.39 is 5.91 Å².